The molecule has 8 rings (SSSR count). The molecule has 6 unspecified atom stereocenters. The maximum absolute atomic E-state index is 14.3. The van der Waals surface area contributed by atoms with Crippen molar-refractivity contribution in [2.75, 3.05) is 57.4 Å². The zero-order valence-electron chi connectivity index (χ0n) is 38.2. The van der Waals surface area contributed by atoms with E-state index in [2.05, 4.69) is 53.0 Å². The van der Waals surface area contributed by atoms with Gasteiger partial charge < -0.3 is 71.0 Å². The second-order valence-corrected chi connectivity index (χ2v) is 22.0. The fourth-order valence-corrected chi connectivity index (χ4v) is 12.3. The van der Waals surface area contributed by atoms with Crippen LogP contribution >= 0.6 is 31.3 Å². The number of alkyl halides is 1. The molecular weight excluding hydrogens is 1110 g/mol. The summed E-state index contributed by atoms with van der Waals surface area (Å²) in [7, 11) is -21.0. The van der Waals surface area contributed by atoms with Gasteiger partial charge in [0.05, 0.1) is 46.1 Å². The number of anilines is 3. The Bertz CT molecular complexity index is 3400. The Morgan fingerprint density at radius 1 is 0.787 bits per heavy atom. The van der Waals surface area contributed by atoms with Crippen molar-refractivity contribution >= 4 is 82.5 Å². The average molecular weight is 1150 g/mol. The third-order valence-corrected chi connectivity index (χ3v) is 16.2. The summed E-state index contributed by atoms with van der Waals surface area (Å²) < 4.78 is 122. The number of nitrogens with one attached hydrogen (secondary N) is 2. The van der Waals surface area contributed by atoms with Gasteiger partial charge >= 0.3 is 36.9 Å². The van der Waals surface area contributed by atoms with Gasteiger partial charge in [0.15, 0.2) is 41.4 Å². The van der Waals surface area contributed by atoms with Gasteiger partial charge in [0, 0.05) is 7.11 Å². The predicted octanol–water partition coefficient (Wildman–Crippen LogP) is -3.48. The maximum atomic E-state index is 14.3. The second-order valence-electron chi connectivity index (χ2n) is 16.0. The maximum Gasteiger partial charge on any atom is 0.490 e. The summed E-state index contributed by atoms with van der Waals surface area (Å²) in [6, 6.07) is 0. The molecule has 8 heterocycles. The molecule has 0 saturated carbocycles. The molecule has 43 heteroatoms. The van der Waals surface area contributed by atoms with Crippen LogP contribution in [0.1, 0.15) is 18.7 Å². The molecule has 2 aliphatic rings. The van der Waals surface area contributed by atoms with Crippen LogP contribution in [0.25, 0.3) is 33.5 Å². The van der Waals surface area contributed by atoms with Crippen LogP contribution in [-0.4, -0.2) is 171 Å². The van der Waals surface area contributed by atoms with Crippen molar-refractivity contribution in [1.82, 2.24) is 53.6 Å². The molecule has 0 amide bonds. The van der Waals surface area contributed by atoms with Gasteiger partial charge in [0.25, 0.3) is 17.1 Å². The topological polar surface area (TPSA) is 542 Å². The van der Waals surface area contributed by atoms with E-state index in [4.69, 9.17) is 49.7 Å². The fourth-order valence-electron chi connectivity index (χ4n) is 7.76. The number of rotatable bonds is 23. The number of nitrogen functional groups attached to an aromatic ring is 3. The van der Waals surface area contributed by atoms with Crippen LogP contribution in [0, 0.1) is 0 Å². The van der Waals surface area contributed by atoms with Crippen LogP contribution in [0.5, 0.6) is 0 Å². The highest BCUT2D eigenvalue weighted by Gasteiger charge is 2.53. The quantitative estimate of drug-likeness (QED) is 0.0219. The molecule has 2 fully saturated rings. The summed E-state index contributed by atoms with van der Waals surface area (Å²) in [6.45, 7) is -5.84. The Hall–Kier alpha value is -5.18. The number of hydrogen-bond donors (Lipinski definition) is 12. The number of halogens is 1. The smallest absolute Gasteiger partial charge is 0.394 e. The Balaban J connectivity index is 0.932. The Kier molecular flexibility index (Phi) is 16.2. The fraction of sp³-hybridized carbons (Fsp3) is 0.531. The highest BCUT2D eigenvalue weighted by molar-refractivity contribution is 7.66. The van der Waals surface area contributed by atoms with Crippen molar-refractivity contribution in [2.45, 2.75) is 61.4 Å². The first-order valence-corrected chi connectivity index (χ1v) is 27.0. The number of ether oxygens (including phenoxy) is 4. The van der Waals surface area contributed by atoms with Crippen LogP contribution in [0.4, 0.5) is 22.1 Å². The largest absolute Gasteiger partial charge is 0.490 e. The molecule has 0 aromatic carbocycles. The Morgan fingerprint density at radius 3 is 2.08 bits per heavy atom. The van der Waals surface area contributed by atoms with Gasteiger partial charge in [-0.2, -0.15) is 13.6 Å². The number of nitrogens with zero attached hydrogens (tertiary/aromatic N) is 10. The van der Waals surface area contributed by atoms with E-state index in [1.165, 1.54) is 22.5 Å². The van der Waals surface area contributed by atoms with Gasteiger partial charge in [-0.25, -0.2) is 47.2 Å². The summed E-state index contributed by atoms with van der Waals surface area (Å²) in [5.41, 5.74) is 15.2. The van der Waals surface area contributed by atoms with Gasteiger partial charge in [-0.3, -0.25) is 51.4 Å². The summed E-state index contributed by atoms with van der Waals surface area (Å²) in [4.78, 5) is 95.3. The van der Waals surface area contributed by atoms with Crippen molar-refractivity contribution in [3.8, 4) is 0 Å². The summed E-state index contributed by atoms with van der Waals surface area (Å²) >= 11 is 0. The SMILES string of the molecule is COC1[C@@H](OP(=O)(O)OC[C@H]2O[C@@H](n3cnc4c(=O)[nH]c(N)nc43)C(O)[C@H]2O)[C@@H](COP(=O)(O)OP(=O)(O)OP(=O)(O)OC[C@H](CO)O[C@H](CF)[n+]2cn(C)c3c(=O)[nH]c(N)nc32)O[C@H]1n1cnc2c(N)ncnc21. The lowest BCUT2D eigenvalue weighted by molar-refractivity contribution is -0.745. The van der Waals surface area contributed by atoms with E-state index in [0.29, 0.717) is 0 Å². The molecule has 6 aromatic rings. The number of nitrogens with two attached hydrogens (primary N) is 3. The number of fused-ring (bicyclic) bond motifs is 3. The van der Waals surface area contributed by atoms with Gasteiger partial charge in [-0.15, -0.1) is 0 Å². The lowest BCUT2D eigenvalue weighted by Gasteiger charge is -2.26. The van der Waals surface area contributed by atoms with Crippen molar-refractivity contribution in [2.24, 2.45) is 7.05 Å². The number of phosphoric ester groups is 3. The molecule has 6 aromatic heterocycles. The highest BCUT2D eigenvalue weighted by atomic mass is 31.3. The lowest BCUT2D eigenvalue weighted by Crippen LogP contribution is -2.45. The van der Waals surface area contributed by atoms with E-state index in [1.807, 2.05) is 0 Å². The van der Waals surface area contributed by atoms with Crippen molar-refractivity contribution < 1.29 is 108 Å². The van der Waals surface area contributed by atoms with E-state index in [0.717, 1.165) is 35.2 Å². The van der Waals surface area contributed by atoms with Crippen molar-refractivity contribution in [3.63, 3.8) is 0 Å². The minimum Gasteiger partial charge on any atom is -0.394 e. The number of aromatic nitrogens is 12. The number of aliphatic hydroxyl groups is 3. The molecule has 0 bridgehead atoms. The highest BCUT2D eigenvalue weighted by Crippen LogP contribution is 2.68. The van der Waals surface area contributed by atoms with Crippen LogP contribution in [-0.2, 0) is 71.0 Å². The van der Waals surface area contributed by atoms with E-state index in [1.54, 1.807) is 0 Å². The number of methoxy groups -OCH3 is 1. The molecular formula is C32H45FN15O23P4+. The number of aryl methyl sites for hydroxylation is 1. The average Bonchev–Trinajstić information content (AvgIpc) is 4.14. The first-order chi connectivity index (χ1) is 35.2. The minimum absolute atomic E-state index is 0.000597. The second kappa shape index (κ2) is 21.7. The molecule has 38 nitrogen and oxygen atoms in total. The number of imidazole rings is 3. The molecule has 0 aliphatic carbocycles. The van der Waals surface area contributed by atoms with Crippen LogP contribution in [0.2, 0.25) is 0 Å². The van der Waals surface area contributed by atoms with Gasteiger partial charge in [-0.05, 0) is 0 Å². The number of hydrogen-bond acceptors (Lipinski definition) is 28. The van der Waals surface area contributed by atoms with E-state index < -0.39 is 137 Å². The Labute approximate surface area is 415 Å². The first-order valence-electron chi connectivity index (χ1n) is 21.0. The number of aromatic amines is 2. The molecule has 0 radical (unpaired) electrons. The Morgan fingerprint density at radius 2 is 1.40 bits per heavy atom. The summed E-state index contributed by atoms with van der Waals surface area (Å²) in [5.74, 6) is -0.759. The van der Waals surface area contributed by atoms with Gasteiger partial charge in [0.1, 0.15) is 61.2 Å². The zero-order valence-corrected chi connectivity index (χ0v) is 41.7. The van der Waals surface area contributed by atoms with Crippen LogP contribution < -0.4 is 32.9 Å². The molecule has 2 aliphatic heterocycles. The molecule has 0 spiro atoms. The molecule has 75 heavy (non-hydrogen) atoms. The van der Waals surface area contributed by atoms with E-state index in [-0.39, 0.29) is 51.2 Å². The zero-order chi connectivity index (χ0) is 54.5. The number of aliphatic hydroxyl groups excluding tert-OH is 3. The minimum atomic E-state index is -6.22. The van der Waals surface area contributed by atoms with Crippen LogP contribution in [0.15, 0.2) is 34.9 Å². The lowest BCUT2D eigenvalue weighted by atomic mass is 10.1. The molecule has 2 saturated heterocycles. The number of H-pyrrole nitrogens is 2. The van der Waals surface area contributed by atoms with E-state index >= 15 is 0 Å². The van der Waals surface area contributed by atoms with Crippen LogP contribution in [0.3, 0.4) is 0 Å². The van der Waals surface area contributed by atoms with Crippen molar-refractivity contribution in [3.05, 3.63) is 46.0 Å². The van der Waals surface area contributed by atoms with Crippen molar-refractivity contribution in [1.29, 1.82) is 0 Å². The first kappa shape index (κ1) is 56.0. The van der Waals surface area contributed by atoms with Gasteiger partial charge in [0.2, 0.25) is 17.7 Å². The third-order valence-electron chi connectivity index (χ3n) is 11.0. The van der Waals surface area contributed by atoms with Gasteiger partial charge in [-0.1, -0.05) is 4.98 Å². The van der Waals surface area contributed by atoms with E-state index in [9.17, 15) is 67.1 Å². The summed E-state index contributed by atoms with van der Waals surface area (Å²) in [6.07, 6.45) is -12.4. The third kappa shape index (κ3) is 12.0. The summed E-state index contributed by atoms with van der Waals surface area (Å²) in [5, 5.41) is 31.6. The molecule has 412 valence electrons. The predicted molar refractivity (Wildman–Crippen MR) is 240 cm³/mol. The number of phosphoric acid groups is 4. The molecule has 15 N–H and O–H groups in total. The normalized spacial score (nSPS) is 26.3. The molecule has 14 atom stereocenters. The standard InChI is InChI=1S/C32H44FN15O23P4/c1-45-11-48(26-18(45)28(53)44-32(36)42-26)15(3-33)66-12(4-49)5-63-73(56,57)70-75(60,61)71-74(58,59)65-7-14-21(22(62-2)30(68-14)46-9-39-16-23(34)37-8-38-24(16)46)69-72(54,55)64-6-13-19(50)20(51)29(67-13)47-10-40-17-25(47)41-31(35)43-27(17)52/h8-15,19-22,29-30,49-51H,3-7H2,1-2H3,(H11-,34,35,36,37,38,41,42,43,44,52,53,54,55,56,57,58,59,60,61)/p+1/t12-,13+,14+,15+,19-,20?,21-,22?,29+,30+/m0/s1. The monoisotopic (exact) mass is 1150 g/mol.